The summed E-state index contributed by atoms with van der Waals surface area (Å²) < 4.78 is 22.3. The van der Waals surface area contributed by atoms with Crippen molar-refractivity contribution in [1.82, 2.24) is 5.32 Å². The SMILES string of the molecule is CCOC(=O)C1C(=O)NC(c2ccc(OC)c(Br)c2)C(C#N)(C(=O)OCC)C1c1ccc(OC)c(Br)c1. The first-order valence-electron chi connectivity index (χ1n) is 11.4. The van der Waals surface area contributed by atoms with Crippen molar-refractivity contribution in [2.75, 3.05) is 27.4 Å². The molecule has 0 bridgehead atoms. The zero-order valence-corrected chi connectivity index (χ0v) is 23.8. The van der Waals surface area contributed by atoms with E-state index >= 15 is 0 Å². The third kappa shape index (κ3) is 5.18. The molecule has 1 aliphatic heterocycles. The highest BCUT2D eigenvalue weighted by molar-refractivity contribution is 9.10. The molecule has 1 fully saturated rings. The van der Waals surface area contributed by atoms with Crippen LogP contribution < -0.4 is 14.8 Å². The van der Waals surface area contributed by atoms with Crippen LogP contribution >= 0.6 is 31.9 Å². The lowest BCUT2D eigenvalue weighted by Crippen LogP contribution is -2.60. The van der Waals surface area contributed by atoms with Gasteiger partial charge in [0, 0.05) is 5.92 Å². The zero-order valence-electron chi connectivity index (χ0n) is 20.7. The molecule has 0 aliphatic carbocycles. The fraction of sp³-hybridized carbons (Fsp3) is 0.385. The number of rotatable bonds is 8. The van der Waals surface area contributed by atoms with E-state index in [4.69, 9.17) is 18.9 Å². The van der Waals surface area contributed by atoms with E-state index in [-0.39, 0.29) is 13.2 Å². The Labute approximate surface area is 231 Å². The summed E-state index contributed by atoms with van der Waals surface area (Å²) >= 11 is 6.85. The number of benzene rings is 2. The molecule has 4 unspecified atom stereocenters. The van der Waals surface area contributed by atoms with E-state index in [0.29, 0.717) is 31.6 Å². The molecule has 0 saturated carbocycles. The molecule has 0 radical (unpaired) electrons. The average Bonchev–Trinajstić information content (AvgIpc) is 2.88. The fourth-order valence-electron chi connectivity index (χ4n) is 4.63. The minimum absolute atomic E-state index is 0.00938. The van der Waals surface area contributed by atoms with Crippen molar-refractivity contribution < 1.29 is 33.3 Å². The number of carbonyl (C=O) groups excluding carboxylic acids is 3. The number of nitriles is 1. The number of methoxy groups -OCH3 is 2. The quantitative estimate of drug-likeness (QED) is 0.333. The summed E-state index contributed by atoms with van der Waals surface area (Å²) in [5, 5.41) is 13.5. The summed E-state index contributed by atoms with van der Waals surface area (Å²) in [7, 11) is 2.99. The Bertz CT molecular complexity index is 1250. The van der Waals surface area contributed by atoms with Crippen LogP contribution in [0.3, 0.4) is 0 Å². The maximum Gasteiger partial charge on any atom is 0.329 e. The number of esters is 2. The van der Waals surface area contributed by atoms with E-state index in [1.807, 2.05) is 0 Å². The zero-order chi connectivity index (χ0) is 27.3. The molecule has 3 rings (SSSR count). The maximum absolute atomic E-state index is 13.7. The third-order valence-electron chi connectivity index (χ3n) is 6.23. The largest absolute Gasteiger partial charge is 0.496 e. The van der Waals surface area contributed by atoms with Crippen LogP contribution in [0.1, 0.15) is 36.9 Å². The number of piperidine rings is 1. The lowest BCUT2D eigenvalue weighted by molar-refractivity contribution is -0.166. The van der Waals surface area contributed by atoms with E-state index in [0.717, 1.165) is 0 Å². The van der Waals surface area contributed by atoms with Gasteiger partial charge in [-0.05, 0) is 81.1 Å². The van der Waals surface area contributed by atoms with Gasteiger partial charge in [-0.15, -0.1) is 0 Å². The molecule has 2 aromatic rings. The molecule has 1 heterocycles. The Balaban J connectivity index is 2.37. The molecule has 0 aromatic heterocycles. The summed E-state index contributed by atoms with van der Waals surface area (Å²) in [6.07, 6.45) is 0. The van der Waals surface area contributed by atoms with Crippen LogP contribution in [0.25, 0.3) is 0 Å². The molecule has 2 aromatic carbocycles. The van der Waals surface area contributed by atoms with Crippen molar-refractivity contribution in [3.63, 3.8) is 0 Å². The molecule has 9 nitrogen and oxygen atoms in total. The second-order valence-corrected chi connectivity index (χ2v) is 9.85. The summed E-state index contributed by atoms with van der Waals surface area (Å²) in [6.45, 7) is 3.22. The van der Waals surface area contributed by atoms with Crippen LogP contribution in [0.5, 0.6) is 11.5 Å². The van der Waals surface area contributed by atoms with Gasteiger partial charge < -0.3 is 24.3 Å². The number of amides is 1. The summed E-state index contributed by atoms with van der Waals surface area (Å²) in [4.78, 5) is 40.4. The van der Waals surface area contributed by atoms with E-state index in [9.17, 15) is 19.6 Å². The summed E-state index contributed by atoms with van der Waals surface area (Å²) in [5.41, 5.74) is -1.22. The molecule has 1 saturated heterocycles. The first-order chi connectivity index (χ1) is 17.7. The molecule has 0 spiro atoms. The van der Waals surface area contributed by atoms with Crippen molar-refractivity contribution >= 4 is 49.7 Å². The van der Waals surface area contributed by atoms with Gasteiger partial charge in [-0.25, -0.2) is 0 Å². The minimum atomic E-state index is -2.04. The number of nitrogens with one attached hydrogen (secondary N) is 1. The van der Waals surface area contributed by atoms with E-state index in [2.05, 4.69) is 43.2 Å². The van der Waals surface area contributed by atoms with Gasteiger partial charge in [0.15, 0.2) is 5.41 Å². The van der Waals surface area contributed by atoms with Crippen LogP contribution in [0.15, 0.2) is 45.3 Å². The lowest BCUT2D eigenvalue weighted by Gasteiger charge is -2.46. The first-order valence-corrected chi connectivity index (χ1v) is 13.0. The van der Waals surface area contributed by atoms with E-state index < -0.39 is 41.1 Å². The van der Waals surface area contributed by atoms with Gasteiger partial charge in [0.1, 0.15) is 17.4 Å². The smallest absolute Gasteiger partial charge is 0.329 e. The van der Waals surface area contributed by atoms with Crippen molar-refractivity contribution in [1.29, 1.82) is 5.26 Å². The van der Waals surface area contributed by atoms with Gasteiger partial charge >= 0.3 is 11.9 Å². The standard InChI is InChI=1S/C26H26Br2N2O7/c1-5-36-24(32)20-21(14-7-9-18(34-3)16(27)11-14)26(13-29,25(33)37-6-2)22(30-23(20)31)15-8-10-19(35-4)17(28)12-15/h7-12,20-22H,5-6H2,1-4H3,(H,30,31). The number of halogens is 2. The molecule has 1 amide bonds. The third-order valence-corrected chi connectivity index (χ3v) is 7.47. The summed E-state index contributed by atoms with van der Waals surface area (Å²) in [6, 6.07) is 10.8. The molecule has 1 aliphatic rings. The highest BCUT2D eigenvalue weighted by Crippen LogP contribution is 2.54. The highest BCUT2D eigenvalue weighted by Gasteiger charge is 2.64. The molecular weight excluding hydrogens is 612 g/mol. The molecule has 1 N–H and O–H groups in total. The highest BCUT2D eigenvalue weighted by atomic mass is 79.9. The Hall–Kier alpha value is -3.10. The average molecular weight is 638 g/mol. The number of nitrogens with zero attached hydrogens (tertiary/aromatic N) is 1. The fourth-order valence-corrected chi connectivity index (χ4v) is 5.75. The Morgan fingerprint density at radius 1 is 0.973 bits per heavy atom. The van der Waals surface area contributed by atoms with Gasteiger partial charge in [-0.3, -0.25) is 14.4 Å². The van der Waals surface area contributed by atoms with Gasteiger partial charge in [0.25, 0.3) is 0 Å². The number of hydrogen-bond donors (Lipinski definition) is 1. The van der Waals surface area contributed by atoms with Gasteiger partial charge in [-0.2, -0.15) is 5.26 Å². The normalized spacial score (nSPS) is 22.8. The van der Waals surface area contributed by atoms with Crippen molar-refractivity contribution in [3.8, 4) is 17.6 Å². The van der Waals surface area contributed by atoms with Gasteiger partial charge in [-0.1, -0.05) is 12.1 Å². The molecule has 196 valence electrons. The molecule has 4 atom stereocenters. The van der Waals surface area contributed by atoms with Crippen LogP contribution in [0.2, 0.25) is 0 Å². The number of carbonyl (C=O) groups is 3. The molecule has 37 heavy (non-hydrogen) atoms. The first kappa shape index (κ1) is 28.5. The number of hydrogen-bond acceptors (Lipinski definition) is 8. The maximum atomic E-state index is 13.7. The Morgan fingerprint density at radius 3 is 2.00 bits per heavy atom. The summed E-state index contributed by atoms with van der Waals surface area (Å²) in [5.74, 6) is -4.14. The van der Waals surface area contributed by atoms with Crippen LogP contribution in [0.4, 0.5) is 0 Å². The topological polar surface area (TPSA) is 124 Å². The van der Waals surface area contributed by atoms with Crippen LogP contribution in [-0.2, 0) is 23.9 Å². The van der Waals surface area contributed by atoms with Crippen LogP contribution in [-0.4, -0.2) is 45.3 Å². The van der Waals surface area contributed by atoms with E-state index in [1.54, 1.807) is 50.2 Å². The Kier molecular flexibility index (Phi) is 9.21. The van der Waals surface area contributed by atoms with E-state index in [1.165, 1.54) is 14.2 Å². The lowest BCUT2D eigenvalue weighted by atomic mass is 9.59. The second-order valence-electron chi connectivity index (χ2n) is 8.14. The van der Waals surface area contributed by atoms with Crippen molar-refractivity contribution in [2.45, 2.75) is 25.8 Å². The minimum Gasteiger partial charge on any atom is -0.496 e. The number of ether oxygens (including phenoxy) is 4. The Morgan fingerprint density at radius 2 is 1.51 bits per heavy atom. The van der Waals surface area contributed by atoms with Crippen LogP contribution in [0, 0.1) is 22.7 Å². The predicted molar refractivity (Wildman–Crippen MR) is 140 cm³/mol. The monoisotopic (exact) mass is 636 g/mol. The predicted octanol–water partition coefficient (Wildman–Crippen LogP) is 4.44. The van der Waals surface area contributed by atoms with Crippen molar-refractivity contribution in [2.24, 2.45) is 11.3 Å². The molecule has 11 heteroatoms. The van der Waals surface area contributed by atoms with Gasteiger partial charge in [0.05, 0.1) is 48.5 Å². The van der Waals surface area contributed by atoms with Gasteiger partial charge in [0.2, 0.25) is 5.91 Å². The second kappa shape index (κ2) is 12.0. The van der Waals surface area contributed by atoms with Crippen molar-refractivity contribution in [3.05, 3.63) is 56.5 Å². The molecular formula is C26H26Br2N2O7.